The van der Waals surface area contributed by atoms with Crippen LogP contribution in [0.4, 0.5) is 0 Å². The van der Waals surface area contributed by atoms with Crippen LogP contribution < -0.4 is 0 Å². The highest BCUT2D eigenvalue weighted by atomic mass is 32.1. The third-order valence-corrected chi connectivity index (χ3v) is 5.08. The van der Waals surface area contributed by atoms with Crippen molar-refractivity contribution in [2.45, 2.75) is 33.7 Å². The first kappa shape index (κ1) is 17.4. The molecule has 0 bridgehead atoms. The van der Waals surface area contributed by atoms with E-state index in [2.05, 4.69) is 10.1 Å². The van der Waals surface area contributed by atoms with Gasteiger partial charge in [-0.1, -0.05) is 18.2 Å². The first-order valence-electron chi connectivity index (χ1n) is 8.21. The van der Waals surface area contributed by atoms with E-state index in [-0.39, 0.29) is 5.91 Å². The van der Waals surface area contributed by atoms with Gasteiger partial charge in [-0.05, 0) is 32.9 Å². The second-order valence-corrected chi connectivity index (χ2v) is 7.24. The highest BCUT2D eigenvalue weighted by molar-refractivity contribution is 7.09. The summed E-state index contributed by atoms with van der Waals surface area (Å²) in [5.74, 6) is 0.0663. The average molecular weight is 354 g/mol. The molecule has 5 nitrogen and oxygen atoms in total. The second kappa shape index (κ2) is 7.19. The van der Waals surface area contributed by atoms with E-state index in [9.17, 15) is 4.79 Å². The van der Waals surface area contributed by atoms with Crippen LogP contribution in [-0.2, 0) is 17.8 Å². The third-order valence-electron chi connectivity index (χ3n) is 4.26. The number of carbonyl (C=O) groups is 1. The van der Waals surface area contributed by atoms with Crippen molar-refractivity contribution in [1.82, 2.24) is 19.7 Å². The summed E-state index contributed by atoms with van der Waals surface area (Å²) < 4.78 is 1.94. The van der Waals surface area contributed by atoms with Crippen molar-refractivity contribution < 1.29 is 4.79 Å². The maximum Gasteiger partial charge on any atom is 0.228 e. The van der Waals surface area contributed by atoms with Gasteiger partial charge in [-0.25, -0.2) is 9.67 Å². The molecule has 3 aromatic rings. The lowest BCUT2D eigenvalue weighted by Crippen LogP contribution is -2.28. The summed E-state index contributed by atoms with van der Waals surface area (Å²) in [6.07, 6.45) is 0.339. The molecule has 0 aliphatic heterocycles. The quantitative estimate of drug-likeness (QED) is 0.705. The Kier molecular flexibility index (Phi) is 4.99. The Morgan fingerprint density at radius 1 is 1.20 bits per heavy atom. The van der Waals surface area contributed by atoms with E-state index in [0.29, 0.717) is 13.0 Å². The number of para-hydroxylation sites is 1. The van der Waals surface area contributed by atoms with Crippen molar-refractivity contribution in [2.75, 3.05) is 7.05 Å². The molecule has 25 heavy (non-hydrogen) atoms. The van der Waals surface area contributed by atoms with Crippen LogP contribution >= 0.6 is 11.3 Å². The van der Waals surface area contributed by atoms with E-state index in [1.54, 1.807) is 16.2 Å². The number of benzene rings is 1. The maximum atomic E-state index is 12.5. The van der Waals surface area contributed by atoms with Crippen molar-refractivity contribution >= 4 is 17.2 Å². The van der Waals surface area contributed by atoms with Gasteiger partial charge in [0, 0.05) is 30.2 Å². The molecule has 2 aromatic heterocycles. The van der Waals surface area contributed by atoms with Crippen LogP contribution in [0.3, 0.4) is 0 Å². The van der Waals surface area contributed by atoms with E-state index in [4.69, 9.17) is 0 Å². The highest BCUT2D eigenvalue weighted by Crippen LogP contribution is 2.19. The van der Waals surface area contributed by atoms with E-state index in [0.717, 1.165) is 33.3 Å². The highest BCUT2D eigenvalue weighted by Gasteiger charge is 2.18. The van der Waals surface area contributed by atoms with Crippen LogP contribution in [-0.4, -0.2) is 32.6 Å². The Morgan fingerprint density at radius 2 is 1.92 bits per heavy atom. The molecule has 2 heterocycles. The molecule has 0 radical (unpaired) electrons. The van der Waals surface area contributed by atoms with Crippen LogP contribution in [0.1, 0.15) is 27.7 Å². The molecule has 0 aliphatic rings. The smallest absolute Gasteiger partial charge is 0.228 e. The minimum Gasteiger partial charge on any atom is -0.341 e. The zero-order chi connectivity index (χ0) is 18.0. The SMILES string of the molecule is Cc1nc(CC(=O)N(C)Cc2c(C)nn(-c3ccccc3)c2C)cs1. The van der Waals surface area contributed by atoms with Crippen molar-refractivity contribution in [3.63, 3.8) is 0 Å². The molecule has 0 spiro atoms. The van der Waals surface area contributed by atoms with Gasteiger partial charge in [0.15, 0.2) is 0 Å². The fourth-order valence-corrected chi connectivity index (χ4v) is 3.44. The predicted octanol–water partition coefficient (Wildman–Crippen LogP) is 3.46. The van der Waals surface area contributed by atoms with E-state index < -0.39 is 0 Å². The van der Waals surface area contributed by atoms with Crippen LogP contribution in [0, 0.1) is 20.8 Å². The molecule has 3 rings (SSSR count). The van der Waals surface area contributed by atoms with Crippen molar-refractivity contribution in [3.05, 3.63) is 63.4 Å². The van der Waals surface area contributed by atoms with Gasteiger partial charge in [-0.2, -0.15) is 5.10 Å². The second-order valence-electron chi connectivity index (χ2n) is 6.18. The molecule has 1 amide bonds. The van der Waals surface area contributed by atoms with Gasteiger partial charge in [-0.3, -0.25) is 4.79 Å². The molecule has 0 fully saturated rings. The predicted molar refractivity (Wildman–Crippen MR) is 100 cm³/mol. The first-order chi connectivity index (χ1) is 12.0. The van der Waals surface area contributed by atoms with Crippen molar-refractivity contribution in [2.24, 2.45) is 0 Å². The van der Waals surface area contributed by atoms with Gasteiger partial charge in [0.1, 0.15) is 0 Å². The molecule has 0 atom stereocenters. The summed E-state index contributed by atoms with van der Waals surface area (Å²) in [6, 6.07) is 10.0. The number of hydrogen-bond acceptors (Lipinski definition) is 4. The van der Waals surface area contributed by atoms with Gasteiger partial charge >= 0.3 is 0 Å². The summed E-state index contributed by atoms with van der Waals surface area (Å²) in [7, 11) is 1.83. The lowest BCUT2D eigenvalue weighted by atomic mass is 10.1. The number of rotatable bonds is 5. The Bertz CT molecular complexity index is 882. The molecular formula is C19H22N4OS. The van der Waals surface area contributed by atoms with Crippen molar-refractivity contribution in [3.8, 4) is 5.69 Å². The number of likely N-dealkylation sites (N-methyl/N-ethyl adjacent to an activating group) is 1. The molecule has 0 aliphatic carbocycles. The normalized spacial score (nSPS) is 10.9. The zero-order valence-electron chi connectivity index (χ0n) is 15.0. The number of carbonyl (C=O) groups excluding carboxylic acids is 1. The molecule has 6 heteroatoms. The fraction of sp³-hybridized carbons (Fsp3) is 0.316. The van der Waals surface area contributed by atoms with Crippen molar-refractivity contribution in [1.29, 1.82) is 0 Å². The number of amides is 1. The Hall–Kier alpha value is -2.47. The number of aryl methyl sites for hydroxylation is 2. The number of nitrogens with zero attached hydrogens (tertiary/aromatic N) is 4. The average Bonchev–Trinajstić information content (AvgIpc) is 3.13. The summed E-state index contributed by atoms with van der Waals surface area (Å²) >= 11 is 1.57. The topological polar surface area (TPSA) is 51.0 Å². The third kappa shape index (κ3) is 3.79. The van der Waals surface area contributed by atoms with Gasteiger partial charge < -0.3 is 4.90 Å². The lowest BCUT2D eigenvalue weighted by Gasteiger charge is -2.17. The minimum atomic E-state index is 0.0663. The molecule has 0 N–H and O–H groups in total. The molecule has 130 valence electrons. The summed E-state index contributed by atoms with van der Waals surface area (Å²) in [4.78, 5) is 18.6. The van der Waals surface area contributed by atoms with Gasteiger partial charge in [0.2, 0.25) is 5.91 Å². The lowest BCUT2D eigenvalue weighted by molar-refractivity contribution is -0.129. The van der Waals surface area contributed by atoms with E-state index >= 15 is 0 Å². The first-order valence-corrected chi connectivity index (χ1v) is 9.09. The molecular weight excluding hydrogens is 332 g/mol. The standard InChI is InChI=1S/C19H22N4OS/c1-13-18(14(2)23(21-13)17-8-6-5-7-9-17)11-22(4)19(24)10-16-12-25-15(3)20-16/h5-9,12H,10-11H2,1-4H3. The molecule has 0 saturated carbocycles. The number of hydrogen-bond donors (Lipinski definition) is 0. The Labute approximate surface area is 151 Å². The van der Waals surface area contributed by atoms with Crippen LogP contribution in [0.15, 0.2) is 35.7 Å². The zero-order valence-corrected chi connectivity index (χ0v) is 15.8. The molecule has 0 saturated heterocycles. The Balaban J connectivity index is 1.76. The van der Waals surface area contributed by atoms with Gasteiger partial charge in [0.25, 0.3) is 0 Å². The monoisotopic (exact) mass is 354 g/mol. The van der Waals surface area contributed by atoms with Gasteiger partial charge in [0.05, 0.1) is 28.5 Å². The maximum absolute atomic E-state index is 12.5. The van der Waals surface area contributed by atoms with E-state index in [1.165, 1.54) is 0 Å². The largest absolute Gasteiger partial charge is 0.341 e. The van der Waals surface area contributed by atoms with E-state index in [1.807, 2.05) is 68.2 Å². The molecule has 1 aromatic carbocycles. The minimum absolute atomic E-state index is 0.0663. The van der Waals surface area contributed by atoms with Crippen LogP contribution in [0.2, 0.25) is 0 Å². The summed E-state index contributed by atoms with van der Waals surface area (Å²) in [6.45, 7) is 6.54. The molecule has 0 unspecified atom stereocenters. The summed E-state index contributed by atoms with van der Waals surface area (Å²) in [5, 5.41) is 7.58. The number of thiazole rings is 1. The summed E-state index contributed by atoms with van der Waals surface area (Å²) in [5.41, 5.74) is 4.97. The fourth-order valence-electron chi connectivity index (χ4n) is 2.83. The Morgan fingerprint density at radius 3 is 2.56 bits per heavy atom. The van der Waals surface area contributed by atoms with Gasteiger partial charge in [-0.15, -0.1) is 11.3 Å². The van der Waals surface area contributed by atoms with Crippen LogP contribution in [0.5, 0.6) is 0 Å². The number of aromatic nitrogens is 3. The van der Waals surface area contributed by atoms with Crippen LogP contribution in [0.25, 0.3) is 5.69 Å².